The van der Waals surface area contributed by atoms with Crippen LogP contribution < -0.4 is 0 Å². The van der Waals surface area contributed by atoms with Gasteiger partial charge in [-0.15, -0.1) is 0 Å². The maximum absolute atomic E-state index is 14.2. The lowest BCUT2D eigenvalue weighted by molar-refractivity contribution is -0.150. The van der Waals surface area contributed by atoms with E-state index in [1.165, 1.54) is 0 Å². The molecule has 2 rings (SSSR count). The Kier molecular flexibility index (Phi) is 4.34. The lowest BCUT2D eigenvalue weighted by atomic mass is 9.74. The average molecular weight is 250 g/mol. The number of carbonyl (C=O) groups excluding carboxylic acids is 1. The summed E-state index contributed by atoms with van der Waals surface area (Å²) in [5, 5.41) is 0. The van der Waals surface area contributed by atoms with Crippen LogP contribution in [0, 0.1) is 5.92 Å². The van der Waals surface area contributed by atoms with E-state index in [1.807, 2.05) is 30.3 Å². The number of rotatable bonds is 3. The first-order valence-corrected chi connectivity index (χ1v) is 6.59. The SMILES string of the molecule is CCOC(=O)[C@H]1CCC[C@H](F)[C@H]1c1ccccc1. The number of carbonyl (C=O) groups is 1. The third-order valence-electron chi connectivity index (χ3n) is 3.59. The molecular weight excluding hydrogens is 231 g/mol. The summed E-state index contributed by atoms with van der Waals surface area (Å²) in [6.45, 7) is 2.14. The molecule has 1 aromatic rings. The Bertz CT molecular complexity index is 391. The van der Waals surface area contributed by atoms with Crippen LogP contribution in [0.5, 0.6) is 0 Å². The Labute approximate surface area is 107 Å². The molecule has 1 fully saturated rings. The number of ether oxygens (including phenoxy) is 1. The van der Waals surface area contributed by atoms with E-state index in [0.717, 1.165) is 18.4 Å². The lowest BCUT2D eigenvalue weighted by Crippen LogP contribution is -2.34. The molecule has 2 nitrogen and oxygen atoms in total. The number of hydrogen-bond donors (Lipinski definition) is 0. The van der Waals surface area contributed by atoms with Gasteiger partial charge in [0.2, 0.25) is 0 Å². The molecule has 1 aliphatic rings. The fourth-order valence-corrected chi connectivity index (χ4v) is 2.77. The van der Waals surface area contributed by atoms with Gasteiger partial charge in [0.25, 0.3) is 0 Å². The van der Waals surface area contributed by atoms with Gasteiger partial charge >= 0.3 is 5.97 Å². The summed E-state index contributed by atoms with van der Waals surface area (Å²) in [6, 6.07) is 9.47. The second-order valence-electron chi connectivity index (χ2n) is 4.74. The summed E-state index contributed by atoms with van der Waals surface area (Å²) in [6.07, 6.45) is 1.07. The maximum Gasteiger partial charge on any atom is 0.309 e. The minimum absolute atomic E-state index is 0.256. The highest BCUT2D eigenvalue weighted by Crippen LogP contribution is 2.40. The molecule has 0 spiro atoms. The van der Waals surface area contributed by atoms with Crippen molar-refractivity contribution in [3.8, 4) is 0 Å². The summed E-state index contributed by atoms with van der Waals surface area (Å²) in [7, 11) is 0. The number of benzene rings is 1. The molecule has 18 heavy (non-hydrogen) atoms. The molecule has 0 aromatic heterocycles. The van der Waals surface area contributed by atoms with Gasteiger partial charge in [-0.1, -0.05) is 30.3 Å². The van der Waals surface area contributed by atoms with Crippen molar-refractivity contribution in [3.05, 3.63) is 35.9 Å². The molecule has 98 valence electrons. The zero-order valence-electron chi connectivity index (χ0n) is 10.6. The summed E-state index contributed by atoms with van der Waals surface area (Å²) >= 11 is 0. The quantitative estimate of drug-likeness (QED) is 0.768. The molecular formula is C15H19FO2. The summed E-state index contributed by atoms with van der Waals surface area (Å²) in [5.41, 5.74) is 0.905. The van der Waals surface area contributed by atoms with Gasteiger partial charge in [0.1, 0.15) is 6.17 Å². The van der Waals surface area contributed by atoms with Crippen LogP contribution in [0.3, 0.4) is 0 Å². The Morgan fingerprint density at radius 1 is 1.33 bits per heavy atom. The third kappa shape index (κ3) is 2.71. The van der Waals surface area contributed by atoms with Crippen LogP contribution in [0.4, 0.5) is 4.39 Å². The summed E-state index contributed by atoms with van der Waals surface area (Å²) in [4.78, 5) is 11.9. The van der Waals surface area contributed by atoms with E-state index in [4.69, 9.17) is 4.74 Å². The fourth-order valence-electron chi connectivity index (χ4n) is 2.77. The molecule has 0 heterocycles. The van der Waals surface area contributed by atoms with E-state index in [0.29, 0.717) is 13.0 Å². The van der Waals surface area contributed by atoms with Gasteiger partial charge < -0.3 is 4.74 Å². The van der Waals surface area contributed by atoms with Crippen molar-refractivity contribution < 1.29 is 13.9 Å². The average Bonchev–Trinajstić information content (AvgIpc) is 2.39. The van der Waals surface area contributed by atoms with Gasteiger partial charge in [-0.2, -0.15) is 0 Å². The predicted molar refractivity (Wildman–Crippen MR) is 68.1 cm³/mol. The van der Waals surface area contributed by atoms with Crippen LogP contribution in [-0.2, 0) is 9.53 Å². The predicted octanol–water partition coefficient (Wildman–Crippen LogP) is 3.47. The highest BCUT2D eigenvalue weighted by Gasteiger charge is 2.39. The van der Waals surface area contributed by atoms with Crippen LogP contribution in [0.15, 0.2) is 30.3 Å². The number of esters is 1. The Balaban J connectivity index is 2.23. The standard InChI is InChI=1S/C15H19FO2/c1-2-18-15(17)12-9-6-10-13(16)14(12)11-7-4-3-5-8-11/h3-5,7-8,12-14H,2,6,9-10H2,1H3/t12-,13-,14-/m0/s1. The van der Waals surface area contributed by atoms with Crippen molar-refractivity contribution in [3.63, 3.8) is 0 Å². The molecule has 0 radical (unpaired) electrons. The normalized spacial score (nSPS) is 27.8. The molecule has 0 N–H and O–H groups in total. The van der Waals surface area contributed by atoms with Crippen molar-refractivity contribution >= 4 is 5.97 Å². The molecule has 0 saturated heterocycles. The monoisotopic (exact) mass is 250 g/mol. The fraction of sp³-hybridized carbons (Fsp3) is 0.533. The topological polar surface area (TPSA) is 26.3 Å². The number of alkyl halides is 1. The van der Waals surface area contributed by atoms with Gasteiger partial charge in [-0.3, -0.25) is 4.79 Å². The molecule has 1 saturated carbocycles. The van der Waals surface area contributed by atoms with Crippen molar-refractivity contribution in [2.45, 2.75) is 38.3 Å². The zero-order valence-corrected chi connectivity index (χ0v) is 10.6. The van der Waals surface area contributed by atoms with Gasteiger partial charge in [0.15, 0.2) is 0 Å². The van der Waals surface area contributed by atoms with Crippen LogP contribution >= 0.6 is 0 Å². The molecule has 0 aliphatic heterocycles. The number of halogens is 1. The van der Waals surface area contributed by atoms with Crippen LogP contribution in [0.2, 0.25) is 0 Å². The van der Waals surface area contributed by atoms with Crippen molar-refractivity contribution in [2.75, 3.05) is 6.61 Å². The molecule has 1 aromatic carbocycles. The molecule has 3 heteroatoms. The number of hydrogen-bond acceptors (Lipinski definition) is 2. The van der Waals surface area contributed by atoms with E-state index in [1.54, 1.807) is 6.92 Å². The van der Waals surface area contributed by atoms with E-state index >= 15 is 0 Å². The van der Waals surface area contributed by atoms with Crippen LogP contribution in [-0.4, -0.2) is 18.7 Å². The largest absolute Gasteiger partial charge is 0.466 e. The minimum Gasteiger partial charge on any atom is -0.466 e. The van der Waals surface area contributed by atoms with Crippen molar-refractivity contribution in [1.29, 1.82) is 0 Å². The first kappa shape index (κ1) is 13.1. The van der Waals surface area contributed by atoms with Gasteiger partial charge in [-0.05, 0) is 31.7 Å². The van der Waals surface area contributed by atoms with Gasteiger partial charge in [0, 0.05) is 5.92 Å². The Morgan fingerprint density at radius 2 is 2.06 bits per heavy atom. The third-order valence-corrected chi connectivity index (χ3v) is 3.59. The molecule has 3 atom stereocenters. The van der Waals surface area contributed by atoms with E-state index < -0.39 is 6.17 Å². The second kappa shape index (κ2) is 5.98. The second-order valence-corrected chi connectivity index (χ2v) is 4.74. The highest BCUT2D eigenvalue weighted by atomic mass is 19.1. The van der Waals surface area contributed by atoms with E-state index in [-0.39, 0.29) is 17.8 Å². The first-order valence-electron chi connectivity index (χ1n) is 6.59. The Morgan fingerprint density at radius 3 is 2.72 bits per heavy atom. The van der Waals surface area contributed by atoms with Crippen LogP contribution in [0.25, 0.3) is 0 Å². The van der Waals surface area contributed by atoms with Gasteiger partial charge in [0.05, 0.1) is 12.5 Å². The maximum atomic E-state index is 14.2. The zero-order chi connectivity index (χ0) is 13.0. The lowest BCUT2D eigenvalue weighted by Gasteiger charge is -2.33. The summed E-state index contributed by atoms with van der Waals surface area (Å²) in [5.74, 6) is -0.941. The van der Waals surface area contributed by atoms with Gasteiger partial charge in [-0.25, -0.2) is 4.39 Å². The summed E-state index contributed by atoms with van der Waals surface area (Å²) < 4.78 is 19.3. The molecule has 1 aliphatic carbocycles. The van der Waals surface area contributed by atoms with Crippen LogP contribution in [0.1, 0.15) is 37.7 Å². The van der Waals surface area contributed by atoms with Crippen molar-refractivity contribution in [2.24, 2.45) is 5.92 Å². The smallest absolute Gasteiger partial charge is 0.309 e. The highest BCUT2D eigenvalue weighted by molar-refractivity contribution is 5.74. The first-order chi connectivity index (χ1) is 8.74. The van der Waals surface area contributed by atoms with Crippen molar-refractivity contribution in [1.82, 2.24) is 0 Å². The minimum atomic E-state index is -0.949. The van der Waals surface area contributed by atoms with E-state index in [2.05, 4.69) is 0 Å². The molecule has 0 unspecified atom stereocenters. The van der Waals surface area contributed by atoms with E-state index in [9.17, 15) is 9.18 Å². The molecule has 0 amide bonds. The molecule has 0 bridgehead atoms. The Hall–Kier alpha value is -1.38.